The molecule has 0 bridgehead atoms. The van der Waals surface area contributed by atoms with Gasteiger partial charge >= 0.3 is 0 Å². The number of halogens is 1. The lowest BCUT2D eigenvalue weighted by atomic mass is 10.1. The van der Waals surface area contributed by atoms with Crippen molar-refractivity contribution in [3.8, 4) is 0 Å². The maximum absolute atomic E-state index is 13.0. The second kappa shape index (κ2) is 6.66. The Morgan fingerprint density at radius 1 is 1.15 bits per heavy atom. The summed E-state index contributed by atoms with van der Waals surface area (Å²) < 4.78 is 15.0. The van der Waals surface area contributed by atoms with Gasteiger partial charge in [0.05, 0.1) is 12.2 Å². The zero-order valence-corrected chi connectivity index (χ0v) is 12.2. The van der Waals surface area contributed by atoms with E-state index in [0.29, 0.717) is 13.1 Å². The molecule has 0 aliphatic carbocycles. The van der Waals surface area contributed by atoms with Crippen molar-refractivity contribution in [3.05, 3.63) is 52.6 Å². The molecule has 20 heavy (non-hydrogen) atoms. The molecule has 0 unspecified atom stereocenters. The van der Waals surface area contributed by atoms with Crippen LogP contribution in [-0.4, -0.2) is 16.3 Å². The Morgan fingerprint density at radius 2 is 1.85 bits per heavy atom. The van der Waals surface area contributed by atoms with Crippen LogP contribution in [0.5, 0.6) is 0 Å². The van der Waals surface area contributed by atoms with E-state index >= 15 is 0 Å². The molecule has 0 amide bonds. The molecule has 1 heterocycles. The molecule has 0 aliphatic heterocycles. The molecule has 0 saturated heterocycles. The Labute approximate surface area is 119 Å². The summed E-state index contributed by atoms with van der Waals surface area (Å²) in [5, 5.41) is 4.70. The van der Waals surface area contributed by atoms with Crippen LogP contribution in [-0.2, 0) is 25.8 Å². The monoisotopic (exact) mass is 275 g/mol. The van der Waals surface area contributed by atoms with Crippen molar-refractivity contribution in [1.82, 2.24) is 9.78 Å². The molecule has 3 nitrogen and oxygen atoms in total. The molecular weight excluding hydrogens is 253 g/mol. The van der Waals surface area contributed by atoms with Gasteiger partial charge in [-0.3, -0.25) is 4.68 Å². The van der Waals surface area contributed by atoms with Crippen LogP contribution >= 0.6 is 0 Å². The molecule has 1 aromatic carbocycles. The lowest BCUT2D eigenvalue weighted by molar-refractivity contribution is 0.619. The maximum Gasteiger partial charge on any atom is 0.123 e. The first kappa shape index (κ1) is 14.7. The standard InChI is InChI=1S/C16H22FN3/c1-3-15-14(9-10-18)16(4-2)20(19-15)11-12-5-7-13(17)8-6-12/h5-8H,3-4,9-11,18H2,1-2H3. The number of hydrogen-bond donors (Lipinski definition) is 1. The summed E-state index contributed by atoms with van der Waals surface area (Å²) in [7, 11) is 0. The minimum Gasteiger partial charge on any atom is -0.330 e. The number of benzene rings is 1. The highest BCUT2D eigenvalue weighted by molar-refractivity contribution is 5.28. The van der Waals surface area contributed by atoms with Crippen molar-refractivity contribution in [2.75, 3.05) is 6.54 Å². The number of hydrogen-bond acceptors (Lipinski definition) is 2. The second-order valence-corrected chi connectivity index (χ2v) is 4.90. The minimum absolute atomic E-state index is 0.206. The van der Waals surface area contributed by atoms with Gasteiger partial charge in [-0.2, -0.15) is 5.10 Å². The first-order valence-corrected chi connectivity index (χ1v) is 7.21. The summed E-state index contributed by atoms with van der Waals surface area (Å²) in [6.07, 6.45) is 2.72. The fraction of sp³-hybridized carbons (Fsp3) is 0.438. The van der Waals surface area contributed by atoms with E-state index in [0.717, 1.165) is 30.5 Å². The fourth-order valence-electron chi connectivity index (χ4n) is 2.60. The van der Waals surface area contributed by atoms with Crippen molar-refractivity contribution in [2.45, 2.75) is 39.7 Å². The van der Waals surface area contributed by atoms with Gasteiger partial charge in [0.2, 0.25) is 0 Å². The number of aromatic nitrogens is 2. The van der Waals surface area contributed by atoms with E-state index in [2.05, 4.69) is 13.8 Å². The number of rotatable bonds is 6. The van der Waals surface area contributed by atoms with E-state index in [9.17, 15) is 4.39 Å². The highest BCUT2D eigenvalue weighted by Crippen LogP contribution is 2.18. The van der Waals surface area contributed by atoms with Gasteiger partial charge in [-0.05, 0) is 49.1 Å². The van der Waals surface area contributed by atoms with Crippen molar-refractivity contribution < 1.29 is 4.39 Å². The third kappa shape index (κ3) is 3.07. The van der Waals surface area contributed by atoms with Crippen LogP contribution in [0.15, 0.2) is 24.3 Å². The van der Waals surface area contributed by atoms with Gasteiger partial charge in [-0.1, -0.05) is 26.0 Å². The molecule has 0 aliphatic rings. The number of aryl methyl sites for hydroxylation is 1. The SMILES string of the molecule is CCc1nn(Cc2ccc(F)cc2)c(CC)c1CCN. The van der Waals surface area contributed by atoms with Gasteiger partial charge in [0.25, 0.3) is 0 Å². The van der Waals surface area contributed by atoms with Crippen molar-refractivity contribution in [3.63, 3.8) is 0 Å². The molecule has 2 rings (SSSR count). The van der Waals surface area contributed by atoms with Crippen LogP contribution in [0.25, 0.3) is 0 Å². The molecule has 2 N–H and O–H groups in total. The summed E-state index contributed by atoms with van der Waals surface area (Å²) in [5.74, 6) is -0.206. The molecule has 0 radical (unpaired) electrons. The van der Waals surface area contributed by atoms with Crippen molar-refractivity contribution in [2.24, 2.45) is 5.73 Å². The van der Waals surface area contributed by atoms with Crippen LogP contribution in [0.3, 0.4) is 0 Å². The molecule has 4 heteroatoms. The van der Waals surface area contributed by atoms with Crippen LogP contribution in [0.1, 0.15) is 36.4 Å². The van der Waals surface area contributed by atoms with Gasteiger partial charge in [-0.15, -0.1) is 0 Å². The molecular formula is C16H22FN3. The predicted molar refractivity (Wildman–Crippen MR) is 79.2 cm³/mol. The van der Waals surface area contributed by atoms with Crippen LogP contribution in [0.2, 0.25) is 0 Å². The summed E-state index contributed by atoms with van der Waals surface area (Å²) in [5.41, 5.74) is 10.4. The van der Waals surface area contributed by atoms with Crippen LogP contribution in [0, 0.1) is 5.82 Å². The molecule has 108 valence electrons. The van der Waals surface area contributed by atoms with Gasteiger partial charge in [0.1, 0.15) is 5.82 Å². The quantitative estimate of drug-likeness (QED) is 0.881. The molecule has 0 spiro atoms. The van der Waals surface area contributed by atoms with Crippen molar-refractivity contribution in [1.29, 1.82) is 0 Å². The Kier molecular flexibility index (Phi) is 4.90. The van der Waals surface area contributed by atoms with Crippen LogP contribution < -0.4 is 5.73 Å². The Morgan fingerprint density at radius 3 is 2.40 bits per heavy atom. The van der Waals surface area contributed by atoms with E-state index < -0.39 is 0 Å². The van der Waals surface area contributed by atoms with Gasteiger partial charge < -0.3 is 5.73 Å². The number of nitrogens with two attached hydrogens (primary N) is 1. The maximum atomic E-state index is 13.0. The predicted octanol–water partition coefficient (Wildman–Crippen LogP) is 2.70. The smallest absolute Gasteiger partial charge is 0.123 e. The van der Waals surface area contributed by atoms with E-state index in [4.69, 9.17) is 10.8 Å². The highest BCUT2D eigenvalue weighted by Gasteiger charge is 2.14. The second-order valence-electron chi connectivity index (χ2n) is 4.90. The molecule has 1 aromatic heterocycles. The topological polar surface area (TPSA) is 43.8 Å². The van der Waals surface area contributed by atoms with Gasteiger partial charge in [0.15, 0.2) is 0 Å². The lowest BCUT2D eigenvalue weighted by Gasteiger charge is -2.08. The average molecular weight is 275 g/mol. The number of nitrogens with zero attached hydrogens (tertiary/aromatic N) is 2. The summed E-state index contributed by atoms with van der Waals surface area (Å²) in [6.45, 7) is 5.57. The third-order valence-corrected chi connectivity index (χ3v) is 3.56. The molecule has 0 atom stereocenters. The molecule has 0 fully saturated rings. The van der Waals surface area contributed by atoms with E-state index in [1.54, 1.807) is 0 Å². The fourth-order valence-corrected chi connectivity index (χ4v) is 2.60. The Bertz CT molecular complexity index is 558. The van der Waals surface area contributed by atoms with Crippen LogP contribution in [0.4, 0.5) is 4.39 Å². The summed E-state index contributed by atoms with van der Waals surface area (Å²) >= 11 is 0. The Balaban J connectivity index is 2.33. The lowest BCUT2D eigenvalue weighted by Crippen LogP contribution is -2.09. The third-order valence-electron chi connectivity index (χ3n) is 3.56. The largest absolute Gasteiger partial charge is 0.330 e. The van der Waals surface area contributed by atoms with Crippen molar-refractivity contribution >= 4 is 0 Å². The summed E-state index contributed by atoms with van der Waals surface area (Å²) in [4.78, 5) is 0. The Hall–Kier alpha value is -1.68. The highest BCUT2D eigenvalue weighted by atomic mass is 19.1. The van der Waals surface area contributed by atoms with E-state index in [1.165, 1.54) is 23.4 Å². The molecule has 0 saturated carbocycles. The minimum atomic E-state index is -0.206. The zero-order valence-electron chi connectivity index (χ0n) is 12.2. The summed E-state index contributed by atoms with van der Waals surface area (Å²) in [6, 6.07) is 6.60. The molecule has 2 aromatic rings. The average Bonchev–Trinajstić information content (AvgIpc) is 2.79. The van der Waals surface area contributed by atoms with E-state index in [1.807, 2.05) is 16.8 Å². The zero-order chi connectivity index (χ0) is 14.5. The van der Waals surface area contributed by atoms with E-state index in [-0.39, 0.29) is 5.82 Å². The first-order chi connectivity index (χ1) is 9.69. The van der Waals surface area contributed by atoms with Gasteiger partial charge in [0, 0.05) is 5.69 Å². The van der Waals surface area contributed by atoms with Gasteiger partial charge in [-0.25, -0.2) is 4.39 Å². The first-order valence-electron chi connectivity index (χ1n) is 7.21. The normalized spacial score (nSPS) is 11.0.